The van der Waals surface area contributed by atoms with Crippen LogP contribution in [0.3, 0.4) is 0 Å². The van der Waals surface area contributed by atoms with Crippen molar-refractivity contribution in [2.75, 3.05) is 0 Å². The molecule has 33 heavy (non-hydrogen) atoms. The third kappa shape index (κ3) is 3.56. The number of nitrogens with one attached hydrogen (secondary N) is 1. The van der Waals surface area contributed by atoms with Gasteiger partial charge >= 0.3 is 0 Å². The van der Waals surface area contributed by atoms with Gasteiger partial charge in [-0.1, -0.05) is 65.7 Å². The molecule has 0 bridgehead atoms. The smallest absolute Gasteiger partial charge is 0.272 e. The molecule has 1 heterocycles. The number of benzene rings is 2. The molecule has 0 aliphatic heterocycles. The molecule has 4 nitrogen and oxygen atoms in total. The van der Waals surface area contributed by atoms with E-state index >= 15 is 0 Å². The summed E-state index contributed by atoms with van der Waals surface area (Å²) in [6.45, 7) is 7.51. The number of carbonyl (C=O) groups excluding carboxylic acids is 1. The lowest BCUT2D eigenvalue weighted by molar-refractivity contribution is 0.0919. The molecular formula is C28H30BrN3O. The molecule has 3 unspecified atom stereocenters. The van der Waals surface area contributed by atoms with Crippen LogP contribution in [0.2, 0.25) is 0 Å². The Morgan fingerprint density at radius 1 is 1.15 bits per heavy atom. The molecule has 3 aliphatic carbocycles. The van der Waals surface area contributed by atoms with Crippen LogP contribution in [0.25, 0.3) is 11.3 Å². The Labute approximate surface area is 203 Å². The van der Waals surface area contributed by atoms with Crippen molar-refractivity contribution in [3.8, 4) is 11.3 Å². The zero-order valence-electron chi connectivity index (χ0n) is 19.5. The number of hydrogen-bond acceptors (Lipinski definition) is 2. The summed E-state index contributed by atoms with van der Waals surface area (Å²) in [4.78, 5) is 13.5. The van der Waals surface area contributed by atoms with Gasteiger partial charge < -0.3 is 5.32 Å². The highest BCUT2D eigenvalue weighted by Gasteiger charge is 2.59. The van der Waals surface area contributed by atoms with Gasteiger partial charge in [-0.25, -0.2) is 0 Å². The third-order valence-electron chi connectivity index (χ3n) is 8.40. The fourth-order valence-electron chi connectivity index (χ4n) is 6.35. The van der Waals surface area contributed by atoms with E-state index in [0.29, 0.717) is 17.7 Å². The van der Waals surface area contributed by atoms with E-state index in [1.165, 1.54) is 28.7 Å². The average Bonchev–Trinajstić information content (AvgIpc) is 3.06. The number of aromatic nitrogens is 2. The quantitative estimate of drug-likeness (QED) is 0.364. The van der Waals surface area contributed by atoms with E-state index < -0.39 is 0 Å². The Bertz CT molecular complexity index is 1260. The van der Waals surface area contributed by atoms with Crippen LogP contribution in [0, 0.1) is 24.2 Å². The normalized spacial score (nSPS) is 24.1. The van der Waals surface area contributed by atoms with Crippen LogP contribution >= 0.6 is 15.9 Å². The Balaban J connectivity index is 1.31. The maximum absolute atomic E-state index is 13.5. The molecule has 2 saturated carbocycles. The zero-order chi connectivity index (χ0) is 22.9. The summed E-state index contributed by atoms with van der Waals surface area (Å²) in [5.74, 6) is 1.59. The van der Waals surface area contributed by atoms with Crippen LogP contribution in [0.1, 0.15) is 65.9 Å². The topological polar surface area (TPSA) is 46.9 Å². The molecule has 3 atom stereocenters. The largest absolute Gasteiger partial charge is 0.348 e. The monoisotopic (exact) mass is 503 g/mol. The molecule has 5 heteroatoms. The number of nitrogens with zero attached hydrogens (tertiary/aromatic N) is 2. The van der Waals surface area contributed by atoms with Crippen molar-refractivity contribution >= 4 is 21.8 Å². The fourth-order valence-corrected chi connectivity index (χ4v) is 6.76. The number of fused-ring (bicyclic) bond motifs is 4. The van der Waals surface area contributed by atoms with E-state index in [-0.39, 0.29) is 11.9 Å². The predicted octanol–water partition coefficient (Wildman–Crippen LogP) is 6.13. The van der Waals surface area contributed by atoms with Crippen molar-refractivity contribution in [3.63, 3.8) is 0 Å². The molecule has 1 N–H and O–H groups in total. The molecule has 6 rings (SSSR count). The van der Waals surface area contributed by atoms with E-state index in [0.717, 1.165) is 46.8 Å². The van der Waals surface area contributed by atoms with Crippen molar-refractivity contribution in [3.05, 3.63) is 74.9 Å². The first-order chi connectivity index (χ1) is 15.8. The van der Waals surface area contributed by atoms with Gasteiger partial charge in [0.25, 0.3) is 5.91 Å². The van der Waals surface area contributed by atoms with Gasteiger partial charge in [0.05, 0.1) is 12.2 Å². The lowest BCUT2D eigenvalue weighted by Gasteiger charge is -2.22. The van der Waals surface area contributed by atoms with Gasteiger partial charge in [0, 0.05) is 28.1 Å². The standard InChI is InChI=1S/C28H30BrN3O/c1-16-4-6-17(7-5-16)15-32-26-21-10-8-19(29)12-18(21)13-22(26)25(31-32)27(33)30-20-9-11-23-24(14-20)28(23,2)3/h4-8,10,12,20,23-24H,9,11,13-15H2,1-3H3,(H,30,33). The fraction of sp³-hybridized carbons (Fsp3) is 0.429. The maximum Gasteiger partial charge on any atom is 0.272 e. The van der Waals surface area contributed by atoms with Gasteiger partial charge in [-0.05, 0) is 66.7 Å². The third-order valence-corrected chi connectivity index (χ3v) is 8.89. The number of amides is 1. The van der Waals surface area contributed by atoms with E-state index in [9.17, 15) is 4.79 Å². The zero-order valence-corrected chi connectivity index (χ0v) is 21.1. The number of aryl methyl sites for hydroxylation is 1. The minimum absolute atomic E-state index is 0.0114. The van der Waals surface area contributed by atoms with Crippen molar-refractivity contribution in [1.29, 1.82) is 0 Å². The maximum atomic E-state index is 13.5. The molecular weight excluding hydrogens is 474 g/mol. The van der Waals surface area contributed by atoms with E-state index in [1.54, 1.807) is 0 Å². The van der Waals surface area contributed by atoms with Crippen LogP contribution in [0.4, 0.5) is 0 Å². The van der Waals surface area contributed by atoms with Gasteiger partial charge in [-0.3, -0.25) is 9.48 Å². The molecule has 3 aliphatic rings. The highest BCUT2D eigenvalue weighted by molar-refractivity contribution is 9.10. The first-order valence-corrected chi connectivity index (χ1v) is 12.9. The number of hydrogen-bond donors (Lipinski definition) is 1. The summed E-state index contributed by atoms with van der Waals surface area (Å²) in [6, 6.07) is 15.2. The van der Waals surface area contributed by atoms with Gasteiger partial charge in [0.2, 0.25) is 0 Å². The van der Waals surface area contributed by atoms with Crippen LogP contribution in [0.15, 0.2) is 46.9 Å². The second-order valence-corrected chi connectivity index (χ2v) is 11.7. The van der Waals surface area contributed by atoms with E-state index in [1.807, 2.05) is 4.68 Å². The Morgan fingerprint density at radius 3 is 2.70 bits per heavy atom. The Hall–Kier alpha value is -2.40. The van der Waals surface area contributed by atoms with Crippen LogP contribution in [-0.2, 0) is 13.0 Å². The minimum atomic E-state index is -0.0114. The minimum Gasteiger partial charge on any atom is -0.348 e. The summed E-state index contributed by atoms with van der Waals surface area (Å²) in [7, 11) is 0. The van der Waals surface area contributed by atoms with Crippen molar-refractivity contribution in [2.45, 2.75) is 59.0 Å². The first kappa shape index (κ1) is 21.2. The van der Waals surface area contributed by atoms with E-state index in [2.05, 4.69) is 84.5 Å². The number of carbonyl (C=O) groups is 1. The summed E-state index contributed by atoms with van der Waals surface area (Å²) in [5.41, 5.74) is 8.08. The van der Waals surface area contributed by atoms with Crippen LogP contribution in [0.5, 0.6) is 0 Å². The first-order valence-electron chi connectivity index (χ1n) is 12.1. The lowest BCUT2D eigenvalue weighted by atomic mass is 9.95. The highest BCUT2D eigenvalue weighted by Crippen LogP contribution is 2.64. The molecule has 2 aromatic carbocycles. The molecule has 1 aromatic heterocycles. The number of halogens is 1. The highest BCUT2D eigenvalue weighted by atomic mass is 79.9. The summed E-state index contributed by atoms with van der Waals surface area (Å²) in [5, 5.41) is 8.25. The van der Waals surface area contributed by atoms with Crippen LogP contribution < -0.4 is 5.32 Å². The van der Waals surface area contributed by atoms with Crippen molar-refractivity contribution < 1.29 is 4.79 Å². The summed E-state index contributed by atoms with van der Waals surface area (Å²) in [6.07, 6.45) is 4.16. The SMILES string of the molecule is Cc1ccc(Cn2nc(C(=O)NC3CCC4C(C3)C4(C)C)c3c2-c2ccc(Br)cc2C3)cc1. The summed E-state index contributed by atoms with van der Waals surface area (Å²) < 4.78 is 3.11. The van der Waals surface area contributed by atoms with Crippen LogP contribution in [-0.4, -0.2) is 21.7 Å². The predicted molar refractivity (Wildman–Crippen MR) is 134 cm³/mol. The summed E-state index contributed by atoms with van der Waals surface area (Å²) >= 11 is 3.61. The Kier molecular flexibility index (Phi) is 4.84. The van der Waals surface area contributed by atoms with Gasteiger partial charge in [-0.15, -0.1) is 0 Å². The molecule has 2 fully saturated rings. The molecule has 170 valence electrons. The lowest BCUT2D eigenvalue weighted by Crippen LogP contribution is -2.37. The molecule has 1 amide bonds. The van der Waals surface area contributed by atoms with E-state index in [4.69, 9.17) is 5.10 Å². The Morgan fingerprint density at radius 2 is 1.94 bits per heavy atom. The number of rotatable bonds is 4. The van der Waals surface area contributed by atoms with Gasteiger partial charge in [0.15, 0.2) is 5.69 Å². The van der Waals surface area contributed by atoms with Gasteiger partial charge in [-0.2, -0.15) is 5.10 Å². The van der Waals surface area contributed by atoms with Crippen molar-refractivity contribution in [2.24, 2.45) is 17.3 Å². The second-order valence-electron chi connectivity index (χ2n) is 10.8. The molecule has 0 radical (unpaired) electrons. The average molecular weight is 504 g/mol. The molecule has 0 saturated heterocycles. The van der Waals surface area contributed by atoms with Crippen molar-refractivity contribution in [1.82, 2.24) is 15.1 Å². The second kappa shape index (κ2) is 7.56. The van der Waals surface area contributed by atoms with Gasteiger partial charge in [0.1, 0.15) is 0 Å². The molecule has 3 aromatic rings. The molecule has 0 spiro atoms.